The smallest absolute Gasteiger partial charge is 0.323 e. The lowest BCUT2D eigenvalue weighted by atomic mass is 10.2. The van der Waals surface area contributed by atoms with Crippen LogP contribution in [0.3, 0.4) is 0 Å². The minimum atomic E-state index is -4.57. The summed E-state index contributed by atoms with van der Waals surface area (Å²) in [6.07, 6.45) is -4.57. The van der Waals surface area contributed by atoms with Crippen LogP contribution in [0.15, 0.2) is 18.2 Å². The number of rotatable bonds is 2. The first-order valence-corrected chi connectivity index (χ1v) is 5.19. The fraction of sp³-hybridized carbons (Fsp3) is 0.222. The quantitative estimate of drug-likeness (QED) is 0.659. The largest absolute Gasteiger partial charge is 0.416 e. The van der Waals surface area contributed by atoms with Gasteiger partial charge in [-0.1, -0.05) is 15.9 Å². The van der Waals surface area contributed by atoms with Gasteiger partial charge in [0.2, 0.25) is 5.91 Å². The molecule has 1 amide bonds. The Labute approximate surface area is 96.8 Å². The lowest BCUT2D eigenvalue weighted by Gasteiger charge is -2.10. The van der Waals surface area contributed by atoms with Crippen LogP contribution in [-0.4, -0.2) is 11.2 Å². The van der Waals surface area contributed by atoms with Gasteiger partial charge in [-0.25, -0.2) is 4.39 Å². The van der Waals surface area contributed by atoms with Crippen LogP contribution in [0.4, 0.5) is 23.2 Å². The van der Waals surface area contributed by atoms with Crippen molar-refractivity contribution in [1.82, 2.24) is 0 Å². The van der Waals surface area contributed by atoms with Crippen molar-refractivity contribution in [2.24, 2.45) is 0 Å². The molecule has 0 heterocycles. The van der Waals surface area contributed by atoms with Gasteiger partial charge in [0.25, 0.3) is 0 Å². The highest BCUT2D eigenvalue weighted by Gasteiger charge is 2.31. The molecule has 0 saturated carbocycles. The molecule has 0 fully saturated rings. The highest BCUT2D eigenvalue weighted by atomic mass is 79.9. The van der Waals surface area contributed by atoms with Crippen molar-refractivity contribution in [2.75, 3.05) is 10.6 Å². The van der Waals surface area contributed by atoms with Crippen molar-refractivity contribution < 1.29 is 22.4 Å². The van der Waals surface area contributed by atoms with Crippen LogP contribution in [0.1, 0.15) is 5.56 Å². The SMILES string of the molecule is O=C(CBr)Nc1cc(C(F)(F)F)ccc1F. The second-order valence-corrected chi connectivity index (χ2v) is 3.43. The third-order valence-electron chi connectivity index (χ3n) is 1.69. The summed E-state index contributed by atoms with van der Waals surface area (Å²) in [5.41, 5.74) is -1.50. The molecular weight excluding hydrogens is 294 g/mol. The third kappa shape index (κ3) is 3.19. The van der Waals surface area contributed by atoms with Gasteiger partial charge < -0.3 is 5.32 Å². The van der Waals surface area contributed by atoms with E-state index in [9.17, 15) is 22.4 Å². The third-order valence-corrected chi connectivity index (χ3v) is 2.20. The van der Waals surface area contributed by atoms with E-state index in [4.69, 9.17) is 0 Å². The number of hydrogen-bond donors (Lipinski definition) is 1. The van der Waals surface area contributed by atoms with E-state index < -0.39 is 29.2 Å². The summed E-state index contributed by atoms with van der Waals surface area (Å²) >= 11 is 2.80. The average Bonchev–Trinajstić information content (AvgIpc) is 2.19. The molecule has 0 radical (unpaired) electrons. The van der Waals surface area contributed by atoms with Gasteiger partial charge in [-0.2, -0.15) is 13.2 Å². The number of carbonyl (C=O) groups excluding carboxylic acids is 1. The van der Waals surface area contributed by atoms with Gasteiger partial charge in [0.1, 0.15) is 5.82 Å². The Balaban J connectivity index is 3.04. The van der Waals surface area contributed by atoms with Crippen LogP contribution in [0.2, 0.25) is 0 Å². The van der Waals surface area contributed by atoms with Gasteiger partial charge in [0, 0.05) is 0 Å². The number of halogens is 5. The van der Waals surface area contributed by atoms with Crippen molar-refractivity contribution in [3.05, 3.63) is 29.6 Å². The van der Waals surface area contributed by atoms with Crippen LogP contribution < -0.4 is 5.32 Å². The van der Waals surface area contributed by atoms with E-state index >= 15 is 0 Å². The van der Waals surface area contributed by atoms with Crippen molar-refractivity contribution in [1.29, 1.82) is 0 Å². The maximum atomic E-state index is 13.1. The van der Waals surface area contributed by atoms with Crippen molar-refractivity contribution in [2.45, 2.75) is 6.18 Å². The Kier molecular flexibility index (Phi) is 3.90. The van der Waals surface area contributed by atoms with E-state index in [1.54, 1.807) is 0 Å². The van der Waals surface area contributed by atoms with E-state index in [1.807, 2.05) is 5.32 Å². The number of benzene rings is 1. The van der Waals surface area contributed by atoms with Crippen LogP contribution in [-0.2, 0) is 11.0 Å². The van der Waals surface area contributed by atoms with Gasteiger partial charge in [0.05, 0.1) is 16.6 Å². The number of carbonyl (C=O) groups is 1. The summed E-state index contributed by atoms with van der Waals surface area (Å²) in [5.74, 6) is -1.54. The maximum absolute atomic E-state index is 13.1. The number of hydrogen-bond acceptors (Lipinski definition) is 1. The Morgan fingerprint density at radius 1 is 1.38 bits per heavy atom. The van der Waals surface area contributed by atoms with Crippen LogP contribution in [0, 0.1) is 5.82 Å². The van der Waals surface area contributed by atoms with Gasteiger partial charge in [-0.15, -0.1) is 0 Å². The standard InChI is InChI=1S/C9H6BrF4NO/c10-4-8(16)15-7-3-5(9(12,13)14)1-2-6(7)11/h1-3H,4H2,(H,15,16). The van der Waals surface area contributed by atoms with Crippen LogP contribution in [0.25, 0.3) is 0 Å². The molecule has 0 spiro atoms. The van der Waals surface area contributed by atoms with Crippen molar-refractivity contribution in [3.8, 4) is 0 Å². The van der Waals surface area contributed by atoms with E-state index in [1.165, 1.54) is 0 Å². The Morgan fingerprint density at radius 2 is 2.00 bits per heavy atom. The molecule has 88 valence electrons. The Bertz CT molecular complexity index is 405. The number of nitrogens with one attached hydrogen (secondary N) is 1. The summed E-state index contributed by atoms with van der Waals surface area (Å²) in [6.45, 7) is 0. The molecule has 0 bridgehead atoms. The van der Waals surface area contributed by atoms with E-state index in [0.717, 1.165) is 0 Å². The number of amides is 1. The fourth-order valence-corrected chi connectivity index (χ4v) is 1.12. The molecule has 2 nitrogen and oxygen atoms in total. The second-order valence-electron chi connectivity index (χ2n) is 2.87. The minimum absolute atomic E-state index is 0.122. The molecular formula is C9H6BrF4NO. The zero-order chi connectivity index (χ0) is 12.3. The average molecular weight is 300 g/mol. The van der Waals surface area contributed by atoms with Gasteiger partial charge >= 0.3 is 6.18 Å². The molecule has 0 aliphatic carbocycles. The summed E-state index contributed by atoms with van der Waals surface area (Å²) < 4.78 is 49.9. The van der Waals surface area contributed by atoms with Crippen molar-refractivity contribution >= 4 is 27.5 Å². The molecule has 1 aromatic rings. The normalized spacial score (nSPS) is 11.3. The van der Waals surface area contributed by atoms with Crippen LogP contribution >= 0.6 is 15.9 Å². The first-order chi connectivity index (χ1) is 7.34. The molecule has 0 saturated heterocycles. The van der Waals surface area contributed by atoms with Crippen molar-refractivity contribution in [3.63, 3.8) is 0 Å². The molecule has 1 aromatic carbocycles. The molecule has 0 aliphatic rings. The molecule has 0 unspecified atom stereocenters. The molecule has 16 heavy (non-hydrogen) atoms. The van der Waals surface area contributed by atoms with Gasteiger partial charge in [-0.05, 0) is 18.2 Å². The highest BCUT2D eigenvalue weighted by molar-refractivity contribution is 9.09. The Morgan fingerprint density at radius 3 is 2.50 bits per heavy atom. The topological polar surface area (TPSA) is 29.1 Å². The van der Waals surface area contributed by atoms with Gasteiger partial charge in [0.15, 0.2) is 0 Å². The summed E-state index contributed by atoms with van der Waals surface area (Å²) in [4.78, 5) is 10.9. The molecule has 1 rings (SSSR count). The number of alkyl halides is 4. The molecule has 0 aliphatic heterocycles. The predicted octanol–water partition coefficient (Wildman–Crippen LogP) is 3.18. The lowest BCUT2D eigenvalue weighted by Crippen LogP contribution is -2.15. The van der Waals surface area contributed by atoms with Crippen LogP contribution in [0.5, 0.6) is 0 Å². The zero-order valence-electron chi connectivity index (χ0n) is 7.74. The first kappa shape index (κ1) is 13.0. The monoisotopic (exact) mass is 299 g/mol. The molecule has 0 aromatic heterocycles. The molecule has 1 N–H and O–H groups in total. The minimum Gasteiger partial charge on any atom is -0.323 e. The highest BCUT2D eigenvalue weighted by Crippen LogP contribution is 2.31. The Hall–Kier alpha value is -1.11. The number of anilines is 1. The fourth-order valence-electron chi connectivity index (χ4n) is 0.981. The summed E-state index contributed by atoms with van der Waals surface area (Å²) in [6, 6.07) is 1.82. The molecule has 0 atom stereocenters. The second kappa shape index (κ2) is 4.82. The maximum Gasteiger partial charge on any atom is 0.416 e. The zero-order valence-corrected chi connectivity index (χ0v) is 9.32. The first-order valence-electron chi connectivity index (χ1n) is 4.07. The lowest BCUT2D eigenvalue weighted by molar-refractivity contribution is -0.137. The van der Waals surface area contributed by atoms with Gasteiger partial charge in [-0.3, -0.25) is 4.79 Å². The van der Waals surface area contributed by atoms with E-state index in [2.05, 4.69) is 15.9 Å². The molecule has 7 heteroatoms. The van der Waals surface area contributed by atoms with E-state index in [0.29, 0.717) is 18.2 Å². The summed E-state index contributed by atoms with van der Waals surface area (Å²) in [5, 5.41) is 1.89. The predicted molar refractivity (Wildman–Crippen MR) is 53.8 cm³/mol. The summed E-state index contributed by atoms with van der Waals surface area (Å²) in [7, 11) is 0. The van der Waals surface area contributed by atoms with E-state index in [-0.39, 0.29) is 5.33 Å².